The maximum absolute atomic E-state index is 3.97. The first-order valence-corrected chi connectivity index (χ1v) is 2.05. The SMILES string of the molecule is CC[N-]CC.Cl.[Ta]. The fourth-order valence-corrected chi connectivity index (χ4v) is 0.224. The van der Waals surface area contributed by atoms with E-state index in [1.807, 2.05) is 13.8 Å². The van der Waals surface area contributed by atoms with Gasteiger partial charge in [-0.05, 0) is 0 Å². The third-order valence-electron chi connectivity index (χ3n) is 0.447. The molecule has 1 radical (unpaired) electrons. The Bertz CT molecular complexity index is 19.2. The number of rotatable bonds is 2. The Balaban J connectivity index is -0.0000000800. The number of hydrogen-bond acceptors (Lipinski definition) is 0. The first-order valence-electron chi connectivity index (χ1n) is 2.05. The van der Waals surface area contributed by atoms with Crippen molar-refractivity contribution in [2.24, 2.45) is 0 Å². The van der Waals surface area contributed by atoms with E-state index in [4.69, 9.17) is 0 Å². The molecule has 0 saturated carbocycles. The van der Waals surface area contributed by atoms with Gasteiger partial charge in [0.15, 0.2) is 0 Å². The maximum atomic E-state index is 3.97. The molecule has 0 heterocycles. The maximum Gasteiger partial charge on any atom is 0 e. The predicted molar refractivity (Wildman–Crippen MR) is 31.7 cm³/mol. The van der Waals surface area contributed by atoms with Gasteiger partial charge >= 0.3 is 0 Å². The van der Waals surface area contributed by atoms with E-state index in [1.54, 1.807) is 0 Å². The van der Waals surface area contributed by atoms with Crippen molar-refractivity contribution >= 4 is 12.4 Å². The van der Waals surface area contributed by atoms with Crippen molar-refractivity contribution in [1.82, 2.24) is 0 Å². The number of hydrogen-bond donors (Lipinski definition) is 0. The standard InChI is InChI=1S/C4H10N.ClH.Ta/c1-3-5-4-2;;/h3-4H2,1-2H3;1H;/q-1;;. The van der Waals surface area contributed by atoms with E-state index in [1.165, 1.54) is 0 Å². The minimum Gasteiger partial charge on any atom is -0.663 e. The van der Waals surface area contributed by atoms with Crippen LogP contribution in [0.5, 0.6) is 0 Å². The fraction of sp³-hybridized carbons (Fsp3) is 1.00. The first kappa shape index (κ1) is 15.7. The summed E-state index contributed by atoms with van der Waals surface area (Å²) in [5.74, 6) is 0. The molecule has 45 valence electrons. The van der Waals surface area contributed by atoms with E-state index >= 15 is 0 Å². The van der Waals surface area contributed by atoms with Gasteiger partial charge in [0.25, 0.3) is 0 Å². The molecule has 0 atom stereocenters. The van der Waals surface area contributed by atoms with E-state index < -0.39 is 0 Å². The monoisotopic (exact) mass is 289 g/mol. The molecule has 0 amide bonds. The van der Waals surface area contributed by atoms with Crippen LogP contribution in [-0.4, -0.2) is 13.1 Å². The smallest absolute Gasteiger partial charge is 0 e. The van der Waals surface area contributed by atoms with E-state index in [2.05, 4.69) is 5.32 Å². The molecule has 3 heteroatoms. The molecule has 0 aliphatic carbocycles. The molecule has 0 aliphatic rings. The van der Waals surface area contributed by atoms with Crippen LogP contribution in [0.15, 0.2) is 0 Å². The van der Waals surface area contributed by atoms with Crippen molar-refractivity contribution in [3.63, 3.8) is 0 Å². The second-order valence-corrected chi connectivity index (χ2v) is 0.856. The predicted octanol–water partition coefficient (Wildman–Crippen LogP) is 1.82. The van der Waals surface area contributed by atoms with Gasteiger partial charge in [-0.25, -0.2) is 0 Å². The second-order valence-electron chi connectivity index (χ2n) is 0.856. The Labute approximate surface area is 67.2 Å². The molecule has 0 aromatic carbocycles. The van der Waals surface area contributed by atoms with Crippen LogP contribution in [0.3, 0.4) is 0 Å². The fourth-order valence-electron chi connectivity index (χ4n) is 0.224. The average molecular weight is 290 g/mol. The van der Waals surface area contributed by atoms with Gasteiger partial charge in [0.05, 0.1) is 0 Å². The summed E-state index contributed by atoms with van der Waals surface area (Å²) in [6.45, 7) is 6.03. The Kier molecular flexibility index (Phi) is 35.3. The molecule has 0 spiro atoms. The first-order chi connectivity index (χ1) is 2.41. The average Bonchev–Trinajstić information content (AvgIpc) is 1.41. The Morgan fingerprint density at radius 3 is 1.43 bits per heavy atom. The van der Waals surface area contributed by atoms with Gasteiger partial charge in [-0.15, -0.1) is 12.4 Å². The number of nitrogens with zero attached hydrogens (tertiary/aromatic N) is 1. The van der Waals surface area contributed by atoms with E-state index in [9.17, 15) is 0 Å². The zero-order valence-electron chi connectivity index (χ0n) is 4.72. The topological polar surface area (TPSA) is 14.1 Å². The van der Waals surface area contributed by atoms with Gasteiger partial charge in [0.2, 0.25) is 0 Å². The van der Waals surface area contributed by atoms with E-state index in [0.717, 1.165) is 13.1 Å². The van der Waals surface area contributed by atoms with Crippen molar-refractivity contribution < 1.29 is 22.4 Å². The molecule has 0 saturated heterocycles. The third-order valence-corrected chi connectivity index (χ3v) is 0.447. The van der Waals surface area contributed by atoms with Crippen LogP contribution in [0.1, 0.15) is 13.8 Å². The van der Waals surface area contributed by atoms with Crippen molar-refractivity contribution in [3.8, 4) is 0 Å². The Morgan fingerprint density at radius 1 is 1.14 bits per heavy atom. The molecule has 0 fully saturated rings. The third kappa shape index (κ3) is 19.5. The summed E-state index contributed by atoms with van der Waals surface area (Å²) in [5.41, 5.74) is 0. The summed E-state index contributed by atoms with van der Waals surface area (Å²) in [5, 5.41) is 3.97. The summed E-state index contributed by atoms with van der Waals surface area (Å²) < 4.78 is 0. The molecule has 0 bridgehead atoms. The van der Waals surface area contributed by atoms with Gasteiger partial charge < -0.3 is 5.32 Å². The van der Waals surface area contributed by atoms with Crippen molar-refractivity contribution in [1.29, 1.82) is 0 Å². The van der Waals surface area contributed by atoms with Crippen LogP contribution in [0.25, 0.3) is 5.32 Å². The van der Waals surface area contributed by atoms with E-state index in [0.29, 0.717) is 0 Å². The molecular formula is C4H11ClNTa-. The Morgan fingerprint density at radius 2 is 1.43 bits per heavy atom. The zero-order valence-corrected chi connectivity index (χ0v) is 8.75. The quantitative estimate of drug-likeness (QED) is 0.736. The van der Waals surface area contributed by atoms with Gasteiger partial charge in [0.1, 0.15) is 0 Å². The second kappa shape index (κ2) is 15.8. The molecular weight excluding hydrogens is 278 g/mol. The zero-order chi connectivity index (χ0) is 4.12. The van der Waals surface area contributed by atoms with Crippen LogP contribution in [0.2, 0.25) is 0 Å². The van der Waals surface area contributed by atoms with Crippen LogP contribution in [0.4, 0.5) is 0 Å². The largest absolute Gasteiger partial charge is 0.663 e. The minimum atomic E-state index is 0. The minimum absolute atomic E-state index is 0. The summed E-state index contributed by atoms with van der Waals surface area (Å²) >= 11 is 0. The molecule has 0 aromatic rings. The van der Waals surface area contributed by atoms with Gasteiger partial charge in [-0.3, -0.25) is 0 Å². The van der Waals surface area contributed by atoms with Crippen molar-refractivity contribution in [2.75, 3.05) is 13.1 Å². The summed E-state index contributed by atoms with van der Waals surface area (Å²) in [4.78, 5) is 0. The van der Waals surface area contributed by atoms with Crippen LogP contribution >= 0.6 is 12.4 Å². The van der Waals surface area contributed by atoms with Gasteiger partial charge in [-0.2, -0.15) is 13.1 Å². The molecule has 0 N–H and O–H groups in total. The van der Waals surface area contributed by atoms with Gasteiger partial charge in [0, 0.05) is 22.4 Å². The molecule has 0 rings (SSSR count). The normalized spacial score (nSPS) is 6.00. The number of halogens is 1. The Hall–Kier alpha value is 0.990. The van der Waals surface area contributed by atoms with Crippen LogP contribution < -0.4 is 0 Å². The van der Waals surface area contributed by atoms with E-state index in [-0.39, 0.29) is 34.8 Å². The van der Waals surface area contributed by atoms with Crippen molar-refractivity contribution in [2.45, 2.75) is 13.8 Å². The molecule has 0 aromatic heterocycles. The summed E-state index contributed by atoms with van der Waals surface area (Å²) in [7, 11) is 0. The van der Waals surface area contributed by atoms with Crippen LogP contribution in [-0.2, 0) is 22.4 Å². The summed E-state index contributed by atoms with van der Waals surface area (Å²) in [6, 6.07) is 0. The molecule has 7 heavy (non-hydrogen) atoms. The van der Waals surface area contributed by atoms with Crippen LogP contribution in [0, 0.1) is 0 Å². The summed E-state index contributed by atoms with van der Waals surface area (Å²) in [6.07, 6.45) is 0. The van der Waals surface area contributed by atoms with Crippen molar-refractivity contribution in [3.05, 3.63) is 5.32 Å². The molecule has 0 aliphatic heterocycles. The molecule has 0 unspecified atom stereocenters. The molecule has 1 nitrogen and oxygen atoms in total. The van der Waals surface area contributed by atoms with Gasteiger partial charge in [-0.1, -0.05) is 13.8 Å².